The van der Waals surface area contributed by atoms with E-state index in [1.165, 1.54) is 0 Å². The number of aliphatic hydroxyl groups is 1. The maximum absolute atomic E-state index is 13.5. The van der Waals surface area contributed by atoms with Gasteiger partial charge in [0.05, 0.1) is 6.10 Å². The molecular formula is C13H18F2N2O. The molecule has 1 aromatic carbocycles. The molecule has 0 unspecified atom stereocenters. The molecule has 0 radical (unpaired) electrons. The van der Waals surface area contributed by atoms with Gasteiger partial charge in [-0.05, 0) is 43.7 Å². The predicted molar refractivity (Wildman–Crippen MR) is 67.2 cm³/mol. The van der Waals surface area contributed by atoms with Crippen LogP contribution in [0.3, 0.4) is 0 Å². The smallest absolute Gasteiger partial charge is 0.151 e. The van der Waals surface area contributed by atoms with Gasteiger partial charge in [-0.15, -0.1) is 0 Å². The number of nitrogens with one attached hydrogen (secondary N) is 1. The minimum Gasteiger partial charge on any atom is -0.399 e. The first-order chi connectivity index (χ1) is 8.56. The van der Waals surface area contributed by atoms with E-state index in [1.54, 1.807) is 0 Å². The fraction of sp³-hybridized carbons (Fsp3) is 0.538. The Kier molecular flexibility index (Phi) is 4.01. The van der Waals surface area contributed by atoms with E-state index in [9.17, 15) is 13.9 Å². The summed E-state index contributed by atoms with van der Waals surface area (Å²) in [5, 5.41) is 12.2. The van der Waals surface area contributed by atoms with Gasteiger partial charge in [0.25, 0.3) is 0 Å². The number of aliphatic hydroxyl groups excluding tert-OH is 1. The minimum atomic E-state index is -0.664. The van der Waals surface area contributed by atoms with Gasteiger partial charge in [0.1, 0.15) is 5.69 Å². The van der Waals surface area contributed by atoms with E-state index in [4.69, 9.17) is 5.73 Å². The highest BCUT2D eigenvalue weighted by atomic mass is 19.1. The number of rotatable bonds is 3. The van der Waals surface area contributed by atoms with Crippen LogP contribution in [0.1, 0.15) is 25.7 Å². The van der Waals surface area contributed by atoms with Crippen LogP contribution in [0.2, 0.25) is 0 Å². The van der Waals surface area contributed by atoms with E-state index >= 15 is 0 Å². The average Bonchev–Trinajstić information content (AvgIpc) is 2.30. The summed E-state index contributed by atoms with van der Waals surface area (Å²) in [6, 6.07) is 2.21. The van der Waals surface area contributed by atoms with Gasteiger partial charge in [0, 0.05) is 12.2 Å². The molecule has 1 aromatic rings. The first kappa shape index (κ1) is 13.1. The van der Waals surface area contributed by atoms with Crippen molar-refractivity contribution in [3.8, 4) is 0 Å². The number of benzene rings is 1. The van der Waals surface area contributed by atoms with Crippen LogP contribution >= 0.6 is 0 Å². The van der Waals surface area contributed by atoms with Crippen molar-refractivity contribution in [3.05, 3.63) is 23.8 Å². The SMILES string of the molecule is Nc1cc(F)c(NCC2CCC(O)CC2)c(F)c1. The van der Waals surface area contributed by atoms with Crippen LogP contribution < -0.4 is 11.1 Å². The van der Waals surface area contributed by atoms with Crippen molar-refractivity contribution in [2.45, 2.75) is 31.8 Å². The number of halogens is 2. The molecule has 2 rings (SSSR count). The Bertz CT molecular complexity index is 394. The monoisotopic (exact) mass is 256 g/mol. The van der Waals surface area contributed by atoms with Crippen LogP contribution in [-0.4, -0.2) is 17.8 Å². The highest BCUT2D eigenvalue weighted by molar-refractivity contribution is 5.54. The van der Waals surface area contributed by atoms with Crippen molar-refractivity contribution in [1.82, 2.24) is 0 Å². The molecule has 1 aliphatic carbocycles. The standard InChI is InChI=1S/C13H18F2N2O/c14-11-5-9(16)6-12(15)13(11)17-7-8-1-3-10(18)4-2-8/h5-6,8,10,17-18H,1-4,7,16H2. The van der Waals surface area contributed by atoms with Gasteiger partial charge in [-0.1, -0.05) is 0 Å². The Morgan fingerprint density at radius 2 is 1.72 bits per heavy atom. The van der Waals surface area contributed by atoms with Gasteiger partial charge in [-0.25, -0.2) is 8.78 Å². The minimum absolute atomic E-state index is 0.0799. The molecule has 0 spiro atoms. The van der Waals surface area contributed by atoms with Gasteiger partial charge in [-0.3, -0.25) is 0 Å². The summed E-state index contributed by atoms with van der Waals surface area (Å²) in [6.45, 7) is 0.518. The lowest BCUT2D eigenvalue weighted by Crippen LogP contribution is -2.24. The quantitative estimate of drug-likeness (QED) is 0.728. The zero-order chi connectivity index (χ0) is 13.1. The average molecular weight is 256 g/mol. The van der Waals surface area contributed by atoms with Crippen molar-refractivity contribution in [3.63, 3.8) is 0 Å². The van der Waals surface area contributed by atoms with Crippen LogP contribution in [0.5, 0.6) is 0 Å². The van der Waals surface area contributed by atoms with Gasteiger partial charge in [0.2, 0.25) is 0 Å². The third-order valence-corrected chi connectivity index (χ3v) is 3.45. The molecule has 0 aliphatic heterocycles. The molecule has 0 amide bonds. The maximum atomic E-state index is 13.5. The second-order valence-electron chi connectivity index (χ2n) is 4.92. The number of anilines is 2. The molecule has 0 saturated heterocycles. The molecule has 0 aromatic heterocycles. The Hall–Kier alpha value is -1.36. The number of nitrogen functional groups attached to an aromatic ring is 1. The fourth-order valence-electron chi connectivity index (χ4n) is 2.36. The zero-order valence-electron chi connectivity index (χ0n) is 10.1. The molecule has 100 valence electrons. The molecule has 0 heterocycles. The van der Waals surface area contributed by atoms with Crippen molar-refractivity contribution < 1.29 is 13.9 Å². The summed E-state index contributed by atoms with van der Waals surface area (Å²) >= 11 is 0. The van der Waals surface area contributed by atoms with E-state index in [-0.39, 0.29) is 17.5 Å². The number of hydrogen-bond donors (Lipinski definition) is 3. The first-order valence-electron chi connectivity index (χ1n) is 6.22. The van der Waals surface area contributed by atoms with Crippen LogP contribution in [0.25, 0.3) is 0 Å². The summed E-state index contributed by atoms with van der Waals surface area (Å²) in [4.78, 5) is 0. The van der Waals surface area contributed by atoms with Gasteiger partial charge in [0.15, 0.2) is 11.6 Å². The second-order valence-corrected chi connectivity index (χ2v) is 4.92. The molecule has 3 nitrogen and oxygen atoms in total. The molecule has 0 atom stereocenters. The Labute approximate surface area is 105 Å². The summed E-state index contributed by atoms with van der Waals surface area (Å²) in [5.41, 5.74) is 5.31. The van der Waals surface area contributed by atoms with Crippen LogP contribution in [0.15, 0.2) is 12.1 Å². The summed E-state index contributed by atoms with van der Waals surface area (Å²) < 4.78 is 27.0. The van der Waals surface area contributed by atoms with Crippen molar-refractivity contribution in [2.24, 2.45) is 5.92 Å². The number of hydrogen-bond acceptors (Lipinski definition) is 3. The van der Waals surface area contributed by atoms with E-state index in [2.05, 4.69) is 5.32 Å². The third kappa shape index (κ3) is 3.10. The molecule has 18 heavy (non-hydrogen) atoms. The van der Waals surface area contributed by atoms with Crippen molar-refractivity contribution in [1.29, 1.82) is 0 Å². The van der Waals surface area contributed by atoms with Crippen molar-refractivity contribution in [2.75, 3.05) is 17.6 Å². The largest absolute Gasteiger partial charge is 0.399 e. The second kappa shape index (κ2) is 5.52. The molecule has 5 heteroatoms. The summed E-state index contributed by atoms with van der Waals surface area (Å²) in [7, 11) is 0. The highest BCUT2D eigenvalue weighted by Gasteiger charge is 2.20. The summed E-state index contributed by atoms with van der Waals surface area (Å²) in [5.74, 6) is -0.976. The lowest BCUT2D eigenvalue weighted by molar-refractivity contribution is 0.111. The van der Waals surface area contributed by atoms with Gasteiger partial charge < -0.3 is 16.2 Å². The Morgan fingerprint density at radius 1 is 1.17 bits per heavy atom. The normalized spacial score (nSPS) is 23.9. The topological polar surface area (TPSA) is 58.3 Å². The van der Waals surface area contributed by atoms with E-state index < -0.39 is 11.6 Å². The summed E-state index contributed by atoms with van der Waals surface area (Å²) in [6.07, 6.45) is 3.07. The first-order valence-corrected chi connectivity index (χ1v) is 6.22. The highest BCUT2D eigenvalue weighted by Crippen LogP contribution is 2.26. The third-order valence-electron chi connectivity index (χ3n) is 3.45. The molecular weight excluding hydrogens is 238 g/mol. The molecule has 0 bridgehead atoms. The Morgan fingerprint density at radius 3 is 2.28 bits per heavy atom. The van der Waals surface area contributed by atoms with Gasteiger partial charge >= 0.3 is 0 Å². The molecule has 4 N–H and O–H groups in total. The molecule has 1 aliphatic rings. The van der Waals surface area contributed by atoms with Crippen LogP contribution in [0, 0.1) is 17.6 Å². The lowest BCUT2D eigenvalue weighted by atomic mass is 9.87. The maximum Gasteiger partial charge on any atom is 0.151 e. The molecule has 1 fully saturated rings. The van der Waals surface area contributed by atoms with E-state index in [1.807, 2.05) is 0 Å². The predicted octanol–water partition coefficient (Wildman–Crippen LogP) is 2.51. The van der Waals surface area contributed by atoms with Crippen molar-refractivity contribution >= 4 is 11.4 Å². The lowest BCUT2D eigenvalue weighted by Gasteiger charge is -2.26. The van der Waals surface area contributed by atoms with Crippen LogP contribution in [0.4, 0.5) is 20.2 Å². The fourth-order valence-corrected chi connectivity index (χ4v) is 2.36. The molecule has 1 saturated carbocycles. The van der Waals surface area contributed by atoms with E-state index in [0.717, 1.165) is 37.8 Å². The van der Waals surface area contributed by atoms with E-state index in [0.29, 0.717) is 12.5 Å². The number of nitrogens with two attached hydrogens (primary N) is 1. The Balaban J connectivity index is 1.94. The van der Waals surface area contributed by atoms with Gasteiger partial charge in [-0.2, -0.15) is 0 Å². The van der Waals surface area contributed by atoms with Crippen LogP contribution in [-0.2, 0) is 0 Å². The zero-order valence-corrected chi connectivity index (χ0v) is 10.1.